The van der Waals surface area contributed by atoms with Gasteiger partial charge in [-0.2, -0.15) is 0 Å². The minimum Gasteiger partial charge on any atom is -0.453 e. The summed E-state index contributed by atoms with van der Waals surface area (Å²) in [4.78, 5) is 0. The van der Waals surface area contributed by atoms with Crippen LogP contribution in [0.25, 0.3) is 11.1 Å². The number of para-hydroxylation sites is 1. The predicted octanol–water partition coefficient (Wildman–Crippen LogP) is 7.80. The third kappa shape index (κ3) is 3.28. The van der Waals surface area contributed by atoms with Crippen molar-refractivity contribution in [3.63, 3.8) is 0 Å². The van der Waals surface area contributed by atoms with Crippen molar-refractivity contribution in [3.8, 4) is 22.6 Å². The predicted molar refractivity (Wildman–Crippen MR) is 119 cm³/mol. The van der Waals surface area contributed by atoms with E-state index < -0.39 is 0 Å². The maximum atomic E-state index is 6.50. The van der Waals surface area contributed by atoms with Crippen LogP contribution in [0.4, 0.5) is 11.4 Å². The van der Waals surface area contributed by atoms with E-state index in [1.165, 1.54) is 16.7 Å². The summed E-state index contributed by atoms with van der Waals surface area (Å²) in [5.41, 5.74) is 7.02. The van der Waals surface area contributed by atoms with Crippen molar-refractivity contribution < 1.29 is 4.74 Å². The van der Waals surface area contributed by atoms with Crippen molar-refractivity contribution in [1.29, 1.82) is 0 Å². The third-order valence-electron chi connectivity index (χ3n) is 5.35. The standard InChI is InChI=1S/C26H29NO/c1-25(2,3)18-15-20(26(4,5)6)24-21(16-18)27-23-19(13-10-14-22(23)28-24)17-11-8-7-9-12-17/h7-16,27H,1-6H3. The summed E-state index contributed by atoms with van der Waals surface area (Å²) in [7, 11) is 0. The maximum absolute atomic E-state index is 6.50. The maximum Gasteiger partial charge on any atom is 0.154 e. The Bertz CT molecular complexity index is 1020. The molecule has 0 bridgehead atoms. The van der Waals surface area contributed by atoms with Crippen LogP contribution in [-0.2, 0) is 10.8 Å². The average molecular weight is 372 g/mol. The quantitative estimate of drug-likeness (QED) is 0.368. The van der Waals surface area contributed by atoms with Gasteiger partial charge in [0.15, 0.2) is 11.5 Å². The number of benzene rings is 3. The number of hydrogen-bond acceptors (Lipinski definition) is 2. The summed E-state index contributed by atoms with van der Waals surface area (Å²) >= 11 is 0. The van der Waals surface area contributed by atoms with Gasteiger partial charge in [0, 0.05) is 11.1 Å². The first-order valence-corrected chi connectivity index (χ1v) is 9.97. The first kappa shape index (κ1) is 18.6. The molecule has 0 spiro atoms. The molecule has 1 aliphatic rings. The molecule has 1 N–H and O–H groups in total. The fraction of sp³-hybridized carbons (Fsp3) is 0.308. The topological polar surface area (TPSA) is 21.3 Å². The van der Waals surface area contributed by atoms with Crippen molar-refractivity contribution in [2.45, 2.75) is 52.4 Å². The zero-order chi connectivity index (χ0) is 20.1. The van der Waals surface area contributed by atoms with Crippen molar-refractivity contribution in [2.24, 2.45) is 0 Å². The van der Waals surface area contributed by atoms with Gasteiger partial charge >= 0.3 is 0 Å². The second kappa shape index (κ2) is 6.41. The van der Waals surface area contributed by atoms with E-state index in [1.54, 1.807) is 0 Å². The van der Waals surface area contributed by atoms with E-state index in [-0.39, 0.29) is 10.8 Å². The lowest BCUT2D eigenvalue weighted by molar-refractivity contribution is 0.452. The van der Waals surface area contributed by atoms with E-state index in [4.69, 9.17) is 4.74 Å². The van der Waals surface area contributed by atoms with Crippen LogP contribution in [0.5, 0.6) is 11.5 Å². The molecule has 4 rings (SSSR count). The van der Waals surface area contributed by atoms with Gasteiger partial charge in [-0.1, -0.05) is 90.1 Å². The molecular formula is C26H29NO. The largest absolute Gasteiger partial charge is 0.453 e. The number of hydrogen-bond donors (Lipinski definition) is 1. The van der Waals surface area contributed by atoms with E-state index in [2.05, 4.69) is 95.4 Å². The zero-order valence-corrected chi connectivity index (χ0v) is 17.7. The van der Waals surface area contributed by atoms with E-state index in [0.29, 0.717) is 0 Å². The zero-order valence-electron chi connectivity index (χ0n) is 17.7. The summed E-state index contributed by atoms with van der Waals surface area (Å²) in [6, 6.07) is 21.3. The van der Waals surface area contributed by atoms with Gasteiger partial charge in [-0.25, -0.2) is 0 Å². The molecule has 0 amide bonds. The number of anilines is 2. The molecule has 0 fully saturated rings. The Labute approximate surface area is 168 Å². The van der Waals surface area contributed by atoms with Gasteiger partial charge in [0.25, 0.3) is 0 Å². The van der Waals surface area contributed by atoms with Gasteiger partial charge in [-0.05, 0) is 34.1 Å². The summed E-state index contributed by atoms with van der Waals surface area (Å²) in [6.45, 7) is 13.5. The highest BCUT2D eigenvalue weighted by molar-refractivity contribution is 5.89. The lowest BCUT2D eigenvalue weighted by Crippen LogP contribution is -2.19. The van der Waals surface area contributed by atoms with Gasteiger partial charge in [0.2, 0.25) is 0 Å². The Morgan fingerprint density at radius 3 is 2.11 bits per heavy atom. The number of rotatable bonds is 1. The molecule has 0 radical (unpaired) electrons. The first-order valence-electron chi connectivity index (χ1n) is 9.97. The minimum absolute atomic E-state index is 0.0123. The second-order valence-corrected chi connectivity index (χ2v) is 9.67. The molecular weight excluding hydrogens is 342 g/mol. The molecule has 0 saturated carbocycles. The summed E-state index contributed by atoms with van der Waals surface area (Å²) < 4.78 is 6.50. The molecule has 3 aromatic carbocycles. The Balaban J connectivity index is 1.90. The highest BCUT2D eigenvalue weighted by atomic mass is 16.5. The first-order chi connectivity index (χ1) is 13.1. The lowest BCUT2D eigenvalue weighted by Gasteiger charge is -2.32. The number of ether oxygens (including phenoxy) is 1. The van der Waals surface area contributed by atoms with Crippen molar-refractivity contribution in [3.05, 3.63) is 71.8 Å². The number of nitrogens with one attached hydrogen (secondary N) is 1. The fourth-order valence-corrected chi connectivity index (χ4v) is 3.67. The normalized spacial score (nSPS) is 13.2. The Morgan fingerprint density at radius 1 is 0.750 bits per heavy atom. The molecule has 0 aliphatic carbocycles. The summed E-state index contributed by atoms with van der Waals surface area (Å²) in [5, 5.41) is 3.71. The van der Waals surface area contributed by atoms with Crippen LogP contribution in [0.2, 0.25) is 0 Å². The summed E-state index contributed by atoms with van der Waals surface area (Å²) in [5.74, 6) is 1.82. The molecule has 1 aliphatic heterocycles. The lowest BCUT2D eigenvalue weighted by atomic mass is 9.79. The van der Waals surface area contributed by atoms with Crippen LogP contribution in [0.1, 0.15) is 52.7 Å². The highest BCUT2D eigenvalue weighted by Crippen LogP contribution is 2.51. The Hall–Kier alpha value is -2.74. The van der Waals surface area contributed by atoms with Crippen LogP contribution in [-0.4, -0.2) is 0 Å². The second-order valence-electron chi connectivity index (χ2n) is 9.67. The molecule has 1 heterocycles. The van der Waals surface area contributed by atoms with Gasteiger partial charge in [0.1, 0.15) is 0 Å². The van der Waals surface area contributed by atoms with Gasteiger partial charge < -0.3 is 10.1 Å². The monoisotopic (exact) mass is 371 g/mol. The minimum atomic E-state index is -0.0123. The van der Waals surface area contributed by atoms with Crippen LogP contribution >= 0.6 is 0 Å². The molecule has 0 unspecified atom stereocenters. The molecule has 0 aromatic heterocycles. The SMILES string of the molecule is CC(C)(C)c1cc2c(c(C(C)(C)C)c1)Oc1cccc(-c3ccccc3)c1N2. The highest BCUT2D eigenvalue weighted by Gasteiger charge is 2.30. The van der Waals surface area contributed by atoms with Gasteiger partial charge in [-0.15, -0.1) is 0 Å². The van der Waals surface area contributed by atoms with Gasteiger partial charge in [-0.3, -0.25) is 0 Å². The molecule has 2 nitrogen and oxygen atoms in total. The molecule has 28 heavy (non-hydrogen) atoms. The fourth-order valence-electron chi connectivity index (χ4n) is 3.67. The van der Waals surface area contributed by atoms with E-state index in [1.807, 2.05) is 12.1 Å². The molecule has 3 aromatic rings. The van der Waals surface area contributed by atoms with E-state index >= 15 is 0 Å². The van der Waals surface area contributed by atoms with E-state index in [9.17, 15) is 0 Å². The Kier molecular flexibility index (Phi) is 4.26. The van der Waals surface area contributed by atoms with Crippen LogP contribution in [0.3, 0.4) is 0 Å². The van der Waals surface area contributed by atoms with Gasteiger partial charge in [0.05, 0.1) is 11.4 Å². The van der Waals surface area contributed by atoms with Crippen molar-refractivity contribution in [1.82, 2.24) is 0 Å². The van der Waals surface area contributed by atoms with E-state index in [0.717, 1.165) is 28.4 Å². The van der Waals surface area contributed by atoms with Crippen LogP contribution in [0, 0.1) is 0 Å². The van der Waals surface area contributed by atoms with Crippen LogP contribution < -0.4 is 10.1 Å². The van der Waals surface area contributed by atoms with Crippen LogP contribution in [0.15, 0.2) is 60.7 Å². The molecule has 144 valence electrons. The Morgan fingerprint density at radius 2 is 1.46 bits per heavy atom. The smallest absolute Gasteiger partial charge is 0.154 e. The molecule has 2 heteroatoms. The molecule has 0 atom stereocenters. The number of fused-ring (bicyclic) bond motifs is 2. The summed E-state index contributed by atoms with van der Waals surface area (Å²) in [6.07, 6.45) is 0. The third-order valence-corrected chi connectivity index (χ3v) is 5.35. The van der Waals surface area contributed by atoms with Crippen molar-refractivity contribution in [2.75, 3.05) is 5.32 Å². The molecule has 0 saturated heterocycles. The average Bonchev–Trinajstić information content (AvgIpc) is 2.64. The van der Waals surface area contributed by atoms with Crippen molar-refractivity contribution >= 4 is 11.4 Å².